The summed E-state index contributed by atoms with van der Waals surface area (Å²) < 4.78 is 18.7. The van der Waals surface area contributed by atoms with E-state index < -0.39 is 86.4 Å². The van der Waals surface area contributed by atoms with Crippen molar-refractivity contribution in [3.63, 3.8) is 0 Å². The normalized spacial score (nSPS) is 31.9. The lowest BCUT2D eigenvalue weighted by Gasteiger charge is -2.41. The SMILES string of the molecule is O=C1c2c(c3c4ccccc4n([C@@H]4O[C@H](CO)[C@@H](O)[C@H](O)[C@H]4O)c3c3[nH]c4ccccc4c23)C(=O)N1CCO[C@@H]1O[C@H](CO)[C@H](O)[C@H](O)[C@H]1O. The maximum absolute atomic E-state index is 14.4. The van der Waals surface area contributed by atoms with E-state index in [4.69, 9.17) is 14.2 Å². The van der Waals surface area contributed by atoms with Gasteiger partial charge in [0, 0.05) is 27.1 Å². The molecule has 264 valence electrons. The van der Waals surface area contributed by atoms with Gasteiger partial charge in [-0.3, -0.25) is 14.5 Å². The number of hydrogen-bond acceptors (Lipinski definition) is 13. The number of carbonyl (C=O) groups is 2. The molecule has 0 bridgehead atoms. The van der Waals surface area contributed by atoms with Crippen LogP contribution in [0, 0.1) is 0 Å². The van der Waals surface area contributed by atoms with Crippen LogP contribution in [0.1, 0.15) is 26.9 Å². The molecule has 3 aliphatic heterocycles. The van der Waals surface area contributed by atoms with Gasteiger partial charge in [0.1, 0.15) is 48.8 Å². The first kappa shape index (κ1) is 33.1. The second-order valence-corrected chi connectivity index (χ2v) is 12.8. The number of benzene rings is 3. The number of para-hydroxylation sites is 2. The molecular formula is C34H35N3O13. The summed E-state index contributed by atoms with van der Waals surface area (Å²) in [5.74, 6) is -1.28. The molecule has 5 aromatic rings. The molecule has 8 rings (SSSR count). The third-order valence-corrected chi connectivity index (χ3v) is 10.1. The van der Waals surface area contributed by atoms with Crippen LogP contribution in [0.4, 0.5) is 0 Å². The zero-order valence-electron chi connectivity index (χ0n) is 26.2. The molecule has 0 saturated carbocycles. The quantitative estimate of drug-likeness (QED) is 0.0912. The van der Waals surface area contributed by atoms with Gasteiger partial charge in [-0.2, -0.15) is 0 Å². The highest BCUT2D eigenvalue weighted by molar-refractivity contribution is 6.39. The topological polar surface area (TPSA) is 248 Å². The van der Waals surface area contributed by atoms with Gasteiger partial charge in [0.05, 0.1) is 54.0 Å². The molecule has 2 saturated heterocycles. The second-order valence-electron chi connectivity index (χ2n) is 12.8. The molecule has 10 atom stereocenters. The molecule has 3 aliphatic rings. The van der Waals surface area contributed by atoms with Crippen molar-refractivity contribution in [2.24, 2.45) is 0 Å². The third kappa shape index (κ3) is 4.66. The van der Waals surface area contributed by atoms with Gasteiger partial charge in [-0.05, 0) is 12.1 Å². The van der Waals surface area contributed by atoms with Crippen LogP contribution in [0.15, 0.2) is 48.5 Å². The number of amides is 2. The minimum absolute atomic E-state index is 0.0784. The van der Waals surface area contributed by atoms with E-state index in [1.54, 1.807) is 47.0 Å². The van der Waals surface area contributed by atoms with Crippen molar-refractivity contribution in [3.05, 3.63) is 59.7 Å². The van der Waals surface area contributed by atoms with Crippen molar-refractivity contribution >= 4 is 55.4 Å². The van der Waals surface area contributed by atoms with Crippen molar-refractivity contribution in [1.82, 2.24) is 14.5 Å². The Morgan fingerprint density at radius 2 is 1.30 bits per heavy atom. The molecule has 3 aromatic carbocycles. The Kier molecular flexibility index (Phi) is 8.17. The van der Waals surface area contributed by atoms with Crippen molar-refractivity contribution in [3.8, 4) is 0 Å². The van der Waals surface area contributed by atoms with Gasteiger partial charge in [-0.1, -0.05) is 36.4 Å². The summed E-state index contributed by atoms with van der Waals surface area (Å²) >= 11 is 0. The molecule has 16 nitrogen and oxygen atoms in total. The van der Waals surface area contributed by atoms with E-state index in [-0.39, 0.29) is 24.3 Å². The second kappa shape index (κ2) is 12.3. The zero-order valence-corrected chi connectivity index (χ0v) is 26.2. The van der Waals surface area contributed by atoms with Gasteiger partial charge in [0.15, 0.2) is 12.5 Å². The minimum atomic E-state index is -1.68. The largest absolute Gasteiger partial charge is 0.394 e. The first-order valence-electron chi connectivity index (χ1n) is 16.2. The van der Waals surface area contributed by atoms with E-state index in [1.807, 2.05) is 6.07 Å². The lowest BCUT2D eigenvalue weighted by Crippen LogP contribution is -2.59. The smallest absolute Gasteiger partial charge is 0.262 e. The highest BCUT2D eigenvalue weighted by Crippen LogP contribution is 2.47. The van der Waals surface area contributed by atoms with E-state index in [0.29, 0.717) is 43.6 Å². The van der Waals surface area contributed by atoms with Gasteiger partial charge in [0.25, 0.3) is 11.8 Å². The Labute approximate surface area is 281 Å². The van der Waals surface area contributed by atoms with Crippen LogP contribution >= 0.6 is 0 Å². The number of rotatable bonds is 7. The molecule has 0 radical (unpaired) electrons. The van der Waals surface area contributed by atoms with E-state index in [2.05, 4.69) is 4.98 Å². The third-order valence-electron chi connectivity index (χ3n) is 10.1. The Hall–Kier alpha value is -4.04. The average Bonchev–Trinajstić information content (AvgIpc) is 3.75. The number of carbonyl (C=O) groups excluding carboxylic acids is 2. The average molecular weight is 694 g/mol. The number of aliphatic hydroxyl groups excluding tert-OH is 8. The fraction of sp³-hybridized carbons (Fsp3) is 0.412. The minimum Gasteiger partial charge on any atom is -0.394 e. The predicted molar refractivity (Wildman–Crippen MR) is 173 cm³/mol. The fourth-order valence-corrected chi connectivity index (χ4v) is 7.61. The van der Waals surface area contributed by atoms with Gasteiger partial charge < -0.3 is 64.6 Å². The number of hydrogen-bond donors (Lipinski definition) is 9. The van der Waals surface area contributed by atoms with Gasteiger partial charge in [-0.15, -0.1) is 0 Å². The van der Waals surface area contributed by atoms with E-state index in [9.17, 15) is 50.4 Å². The molecular weight excluding hydrogens is 658 g/mol. The van der Waals surface area contributed by atoms with Crippen molar-refractivity contribution < 1.29 is 64.7 Å². The molecule has 16 heteroatoms. The summed E-state index contributed by atoms with van der Waals surface area (Å²) in [4.78, 5) is 33.1. The van der Waals surface area contributed by atoms with Crippen molar-refractivity contribution in [2.75, 3.05) is 26.4 Å². The Morgan fingerprint density at radius 3 is 2.00 bits per heavy atom. The molecule has 2 fully saturated rings. The van der Waals surface area contributed by atoms with Crippen LogP contribution in [-0.2, 0) is 14.2 Å². The summed E-state index contributed by atoms with van der Waals surface area (Å²) in [5, 5.41) is 84.6. The number of imide groups is 1. The molecule has 50 heavy (non-hydrogen) atoms. The number of aliphatic hydroxyl groups is 8. The van der Waals surface area contributed by atoms with E-state index in [1.165, 1.54) is 0 Å². The highest BCUT2D eigenvalue weighted by Gasteiger charge is 2.48. The molecule has 9 N–H and O–H groups in total. The molecule has 0 unspecified atom stereocenters. The Bertz CT molecular complexity index is 2140. The lowest BCUT2D eigenvalue weighted by atomic mass is 9.96. The maximum Gasteiger partial charge on any atom is 0.262 e. The molecule has 0 aliphatic carbocycles. The van der Waals surface area contributed by atoms with Crippen LogP contribution in [0.3, 0.4) is 0 Å². The van der Waals surface area contributed by atoms with Crippen LogP contribution < -0.4 is 0 Å². The number of H-pyrrole nitrogens is 1. The Balaban J connectivity index is 1.28. The van der Waals surface area contributed by atoms with Crippen LogP contribution in [0.2, 0.25) is 0 Å². The number of ether oxygens (including phenoxy) is 3. The van der Waals surface area contributed by atoms with Crippen molar-refractivity contribution in [2.45, 2.75) is 61.3 Å². The summed E-state index contributed by atoms with van der Waals surface area (Å²) in [6, 6.07) is 14.1. The summed E-state index contributed by atoms with van der Waals surface area (Å²) in [6.07, 6.45) is -15.1. The van der Waals surface area contributed by atoms with E-state index >= 15 is 0 Å². The zero-order chi connectivity index (χ0) is 35.2. The number of nitrogens with zero attached hydrogens (tertiary/aromatic N) is 2. The van der Waals surface area contributed by atoms with Gasteiger partial charge >= 0.3 is 0 Å². The summed E-state index contributed by atoms with van der Waals surface area (Å²) in [5.41, 5.74) is 2.14. The predicted octanol–water partition coefficient (Wildman–Crippen LogP) is -1.19. The van der Waals surface area contributed by atoms with Crippen LogP contribution in [0.5, 0.6) is 0 Å². The van der Waals surface area contributed by atoms with Gasteiger partial charge in [-0.25, -0.2) is 0 Å². The summed E-state index contributed by atoms with van der Waals surface area (Å²) in [6.45, 7) is -1.93. The molecule has 0 spiro atoms. The fourth-order valence-electron chi connectivity index (χ4n) is 7.61. The van der Waals surface area contributed by atoms with Crippen LogP contribution in [0.25, 0.3) is 43.6 Å². The Morgan fingerprint density at radius 1 is 0.700 bits per heavy atom. The molecule has 5 heterocycles. The maximum atomic E-state index is 14.4. The lowest BCUT2D eigenvalue weighted by molar-refractivity contribution is -0.300. The van der Waals surface area contributed by atoms with Crippen molar-refractivity contribution in [1.29, 1.82) is 0 Å². The monoisotopic (exact) mass is 693 g/mol. The molecule has 2 amide bonds. The number of aromatic nitrogens is 2. The number of aromatic amines is 1. The standard InChI is InChI=1S/C34H35N3O13/c38-11-17-25(40)27(42)29(44)33(49-17)37-16-8-4-2-6-14(16)20-22-21(19-13-5-1-3-7-15(13)35-23(19)24(20)37)31(46)36(32(22)47)9-10-48-34-30(45)28(43)26(41)18(12-39)50-34/h1-8,17-18,25-30,33-35,38-45H,9-12H2/t17-,18-,25-,26+,27+,28+,29-,30-,33-,34-/m1/s1. The molecule has 2 aromatic heterocycles. The first-order valence-corrected chi connectivity index (χ1v) is 16.2. The first-order chi connectivity index (χ1) is 24.1. The summed E-state index contributed by atoms with van der Waals surface area (Å²) in [7, 11) is 0. The number of nitrogens with one attached hydrogen (secondary N) is 1. The highest BCUT2D eigenvalue weighted by atomic mass is 16.7. The van der Waals surface area contributed by atoms with E-state index in [0.717, 1.165) is 4.90 Å². The van der Waals surface area contributed by atoms with Crippen LogP contribution in [-0.4, -0.2) is 149 Å². The van der Waals surface area contributed by atoms with Gasteiger partial charge in [0.2, 0.25) is 0 Å². The number of fused-ring (bicyclic) bond motifs is 10.